The van der Waals surface area contributed by atoms with Gasteiger partial charge in [-0.1, -0.05) is 6.07 Å². The van der Waals surface area contributed by atoms with E-state index in [2.05, 4.69) is 5.32 Å². The van der Waals surface area contributed by atoms with Crippen LogP contribution in [0.1, 0.15) is 32.4 Å². The molecule has 1 heterocycles. The quantitative estimate of drug-likeness (QED) is 0.893. The third kappa shape index (κ3) is 3.73. The summed E-state index contributed by atoms with van der Waals surface area (Å²) >= 11 is 0. The maximum absolute atomic E-state index is 14.4. The van der Waals surface area contributed by atoms with Gasteiger partial charge in [-0.3, -0.25) is 0 Å². The average molecular weight is 296 g/mol. The summed E-state index contributed by atoms with van der Waals surface area (Å²) in [6.45, 7) is 6.94. The molecule has 1 fully saturated rings. The van der Waals surface area contributed by atoms with Crippen LogP contribution in [0.15, 0.2) is 18.2 Å². The first-order chi connectivity index (χ1) is 9.86. The van der Waals surface area contributed by atoms with Crippen molar-refractivity contribution < 1.29 is 14.2 Å². The topological polar surface area (TPSA) is 44.7 Å². The lowest BCUT2D eigenvalue weighted by molar-refractivity contribution is -0.101. The smallest absolute Gasteiger partial charge is 0.146 e. The number of halogens is 1. The number of nitrogens with one attached hydrogen (secondary N) is 1. The van der Waals surface area contributed by atoms with E-state index in [1.54, 1.807) is 6.07 Å². The van der Waals surface area contributed by atoms with Crippen molar-refractivity contribution in [2.75, 3.05) is 31.6 Å². The van der Waals surface area contributed by atoms with E-state index in [1.807, 2.05) is 44.9 Å². The molecule has 0 aromatic heterocycles. The Morgan fingerprint density at radius 1 is 1.52 bits per heavy atom. The van der Waals surface area contributed by atoms with E-state index < -0.39 is 5.60 Å². The van der Waals surface area contributed by atoms with Gasteiger partial charge in [0.15, 0.2) is 0 Å². The molecule has 2 unspecified atom stereocenters. The zero-order valence-electron chi connectivity index (χ0n) is 13.2. The van der Waals surface area contributed by atoms with Crippen molar-refractivity contribution >= 4 is 5.69 Å². The third-order valence-electron chi connectivity index (χ3n) is 3.93. The predicted octanol–water partition coefficient (Wildman–Crippen LogP) is 2.08. The van der Waals surface area contributed by atoms with Gasteiger partial charge in [-0.25, -0.2) is 4.39 Å². The lowest BCUT2D eigenvalue weighted by atomic mass is 10.0. The second-order valence-electron chi connectivity index (χ2n) is 6.28. The summed E-state index contributed by atoms with van der Waals surface area (Å²) in [4.78, 5) is 1.95. The first kappa shape index (κ1) is 16.2. The molecule has 0 bridgehead atoms. The number of ether oxygens (including phenoxy) is 1. The Hall–Kier alpha value is -1.17. The Morgan fingerprint density at radius 2 is 2.24 bits per heavy atom. The molecule has 1 aromatic carbocycles. The van der Waals surface area contributed by atoms with E-state index in [4.69, 9.17) is 4.74 Å². The highest BCUT2D eigenvalue weighted by Crippen LogP contribution is 2.29. The summed E-state index contributed by atoms with van der Waals surface area (Å²) < 4.78 is 20.2. The van der Waals surface area contributed by atoms with Crippen LogP contribution in [0.2, 0.25) is 0 Å². The van der Waals surface area contributed by atoms with Gasteiger partial charge in [-0.05, 0) is 45.5 Å². The van der Waals surface area contributed by atoms with Gasteiger partial charge in [0.2, 0.25) is 0 Å². The minimum absolute atomic E-state index is 0.0591. The van der Waals surface area contributed by atoms with Crippen LogP contribution in [-0.4, -0.2) is 43.6 Å². The molecule has 0 spiro atoms. The Kier molecular flexibility index (Phi) is 4.86. The van der Waals surface area contributed by atoms with Gasteiger partial charge < -0.3 is 20.1 Å². The average Bonchev–Trinajstić information content (AvgIpc) is 2.44. The van der Waals surface area contributed by atoms with Gasteiger partial charge in [0.1, 0.15) is 5.82 Å². The number of hydrogen-bond acceptors (Lipinski definition) is 4. The molecule has 0 aliphatic carbocycles. The van der Waals surface area contributed by atoms with Gasteiger partial charge in [0.05, 0.1) is 24.0 Å². The van der Waals surface area contributed by atoms with Crippen LogP contribution >= 0.6 is 0 Å². The van der Waals surface area contributed by atoms with E-state index in [1.165, 1.54) is 0 Å². The van der Waals surface area contributed by atoms with Crippen LogP contribution in [0.25, 0.3) is 0 Å². The predicted molar refractivity (Wildman–Crippen MR) is 82.1 cm³/mol. The number of aliphatic hydroxyl groups excluding tert-OH is 1. The standard InChI is InChI=1S/C16H25FN2O2/c1-11(18-4)12-5-6-15(14(17)7-12)19-8-13(9-20)21-16(2,3)10-19/h5-7,11,13,18,20H,8-10H2,1-4H3. The molecule has 0 amide bonds. The molecule has 4 nitrogen and oxygen atoms in total. The highest BCUT2D eigenvalue weighted by atomic mass is 19.1. The van der Waals surface area contributed by atoms with Crippen molar-refractivity contribution in [2.45, 2.75) is 38.5 Å². The molecule has 1 aromatic rings. The Bertz CT molecular complexity index is 493. The minimum Gasteiger partial charge on any atom is -0.394 e. The van der Waals surface area contributed by atoms with E-state index in [-0.39, 0.29) is 24.6 Å². The fourth-order valence-electron chi connectivity index (χ4n) is 2.79. The van der Waals surface area contributed by atoms with Crippen LogP contribution < -0.4 is 10.2 Å². The molecule has 1 aliphatic rings. The van der Waals surface area contributed by atoms with Crippen LogP contribution in [0, 0.1) is 5.82 Å². The highest BCUT2D eigenvalue weighted by molar-refractivity contribution is 5.50. The fraction of sp³-hybridized carbons (Fsp3) is 0.625. The van der Waals surface area contributed by atoms with E-state index >= 15 is 0 Å². The number of anilines is 1. The van der Waals surface area contributed by atoms with Gasteiger partial charge in [0.25, 0.3) is 0 Å². The lowest BCUT2D eigenvalue weighted by Gasteiger charge is -2.43. The molecular weight excluding hydrogens is 271 g/mol. The first-order valence-electron chi connectivity index (χ1n) is 7.36. The van der Waals surface area contributed by atoms with Crippen LogP contribution in [-0.2, 0) is 4.74 Å². The Balaban J connectivity index is 2.24. The number of rotatable bonds is 4. The molecule has 2 atom stereocenters. The summed E-state index contributed by atoms with van der Waals surface area (Å²) in [5.41, 5.74) is 1.08. The Labute approximate surface area is 125 Å². The maximum atomic E-state index is 14.4. The SMILES string of the molecule is CNC(C)c1ccc(N2CC(CO)OC(C)(C)C2)c(F)c1. The molecule has 2 rings (SSSR count). The molecule has 1 saturated heterocycles. The molecule has 2 N–H and O–H groups in total. The third-order valence-corrected chi connectivity index (χ3v) is 3.93. The monoisotopic (exact) mass is 296 g/mol. The summed E-state index contributed by atoms with van der Waals surface area (Å²) in [5.74, 6) is -0.232. The van der Waals surface area contributed by atoms with Gasteiger partial charge in [-0.15, -0.1) is 0 Å². The lowest BCUT2D eigenvalue weighted by Crippen LogP contribution is -2.54. The van der Waals surface area contributed by atoms with Crippen molar-refractivity contribution in [3.05, 3.63) is 29.6 Å². The minimum atomic E-state index is -0.408. The molecule has 1 aliphatic heterocycles. The second-order valence-corrected chi connectivity index (χ2v) is 6.28. The van der Waals surface area contributed by atoms with Crippen molar-refractivity contribution in [2.24, 2.45) is 0 Å². The van der Waals surface area contributed by atoms with E-state index in [0.717, 1.165) is 5.56 Å². The van der Waals surface area contributed by atoms with Crippen molar-refractivity contribution in [3.8, 4) is 0 Å². The largest absolute Gasteiger partial charge is 0.394 e. The number of benzene rings is 1. The first-order valence-corrected chi connectivity index (χ1v) is 7.36. The van der Waals surface area contributed by atoms with Crippen LogP contribution in [0.3, 0.4) is 0 Å². The second kappa shape index (κ2) is 6.30. The normalized spacial score (nSPS) is 23.1. The number of nitrogens with zero attached hydrogens (tertiary/aromatic N) is 1. The molecule has 0 saturated carbocycles. The molecule has 21 heavy (non-hydrogen) atoms. The Morgan fingerprint density at radius 3 is 2.81 bits per heavy atom. The number of morpholine rings is 1. The maximum Gasteiger partial charge on any atom is 0.146 e. The van der Waals surface area contributed by atoms with Crippen LogP contribution in [0.4, 0.5) is 10.1 Å². The molecule has 5 heteroatoms. The number of aliphatic hydroxyl groups is 1. The molecule has 0 radical (unpaired) electrons. The summed E-state index contributed by atoms with van der Waals surface area (Å²) in [6.07, 6.45) is -0.288. The van der Waals surface area contributed by atoms with E-state index in [0.29, 0.717) is 18.8 Å². The molecular formula is C16H25FN2O2. The summed E-state index contributed by atoms with van der Waals surface area (Å²) in [6, 6.07) is 5.44. The van der Waals surface area contributed by atoms with Crippen molar-refractivity contribution in [1.82, 2.24) is 5.32 Å². The summed E-state index contributed by atoms with van der Waals surface area (Å²) in [7, 11) is 1.85. The zero-order chi connectivity index (χ0) is 15.6. The van der Waals surface area contributed by atoms with E-state index in [9.17, 15) is 9.50 Å². The van der Waals surface area contributed by atoms with Crippen molar-refractivity contribution in [3.63, 3.8) is 0 Å². The van der Waals surface area contributed by atoms with Gasteiger partial charge in [-0.2, -0.15) is 0 Å². The number of hydrogen-bond donors (Lipinski definition) is 2. The fourth-order valence-corrected chi connectivity index (χ4v) is 2.79. The zero-order valence-corrected chi connectivity index (χ0v) is 13.2. The molecule has 118 valence electrons. The highest BCUT2D eigenvalue weighted by Gasteiger charge is 2.34. The van der Waals surface area contributed by atoms with Gasteiger partial charge in [0, 0.05) is 19.1 Å². The van der Waals surface area contributed by atoms with Crippen LogP contribution in [0.5, 0.6) is 0 Å². The van der Waals surface area contributed by atoms with Crippen molar-refractivity contribution in [1.29, 1.82) is 0 Å². The van der Waals surface area contributed by atoms with Gasteiger partial charge >= 0.3 is 0 Å². The summed E-state index contributed by atoms with van der Waals surface area (Å²) in [5, 5.41) is 12.5.